The summed E-state index contributed by atoms with van der Waals surface area (Å²) >= 11 is 7.67. The maximum atomic E-state index is 12.5. The molecule has 1 unspecified atom stereocenters. The number of hydrogen-bond donors (Lipinski definition) is 1. The summed E-state index contributed by atoms with van der Waals surface area (Å²) in [7, 11) is 0. The first-order valence-electron chi connectivity index (χ1n) is 8.72. The third-order valence-electron chi connectivity index (χ3n) is 4.95. The van der Waals surface area contributed by atoms with Crippen molar-refractivity contribution in [1.29, 1.82) is 0 Å². The lowest BCUT2D eigenvalue weighted by Gasteiger charge is -2.30. The lowest BCUT2D eigenvalue weighted by atomic mass is 9.96. The topological polar surface area (TPSA) is 32.3 Å². The molecule has 0 saturated carbocycles. The highest BCUT2D eigenvalue weighted by molar-refractivity contribution is 7.99. The van der Waals surface area contributed by atoms with Crippen LogP contribution in [0.4, 0.5) is 0 Å². The number of carbonyl (C=O) groups is 1. The molecule has 5 heteroatoms. The number of fused-ring (bicyclic) bond motifs is 2. The summed E-state index contributed by atoms with van der Waals surface area (Å²) in [6.07, 6.45) is 2.40. The van der Waals surface area contributed by atoms with Gasteiger partial charge in [0.25, 0.3) is 5.91 Å². The van der Waals surface area contributed by atoms with E-state index in [0.717, 1.165) is 39.3 Å². The molecule has 2 bridgehead atoms. The van der Waals surface area contributed by atoms with Gasteiger partial charge in [-0.15, -0.1) is 0 Å². The van der Waals surface area contributed by atoms with Crippen molar-refractivity contribution >= 4 is 29.3 Å². The number of piperidine rings is 1. The van der Waals surface area contributed by atoms with Gasteiger partial charge in [-0.3, -0.25) is 4.79 Å². The molecule has 3 nitrogen and oxygen atoms in total. The summed E-state index contributed by atoms with van der Waals surface area (Å²) in [4.78, 5) is 17.2. The van der Waals surface area contributed by atoms with E-state index < -0.39 is 0 Å². The minimum absolute atomic E-state index is 0.0341. The second kappa shape index (κ2) is 7.40. The fourth-order valence-electron chi connectivity index (χ4n) is 3.77. The van der Waals surface area contributed by atoms with Crippen LogP contribution in [-0.4, -0.2) is 36.5 Å². The predicted molar refractivity (Wildman–Crippen MR) is 102 cm³/mol. The number of benzene rings is 2. The van der Waals surface area contributed by atoms with Crippen molar-refractivity contribution in [1.82, 2.24) is 10.2 Å². The van der Waals surface area contributed by atoms with Crippen molar-refractivity contribution in [2.24, 2.45) is 5.92 Å². The molecule has 2 aliphatic rings. The molecule has 3 atom stereocenters. The number of rotatable bonds is 4. The molecule has 1 N–H and O–H groups in total. The molecule has 2 aromatic rings. The van der Waals surface area contributed by atoms with Crippen molar-refractivity contribution in [3.63, 3.8) is 0 Å². The second-order valence-electron chi connectivity index (χ2n) is 6.90. The Morgan fingerprint density at radius 3 is 2.72 bits per heavy atom. The third kappa shape index (κ3) is 4.20. The Bertz CT molecular complexity index is 753. The molecule has 4 rings (SSSR count). The summed E-state index contributed by atoms with van der Waals surface area (Å²) in [5.41, 5.74) is 0.725. The molecule has 0 radical (unpaired) electrons. The number of amides is 1. The van der Waals surface area contributed by atoms with E-state index in [0.29, 0.717) is 0 Å². The standard InChI is InChI=1S/C20H21ClN2OS/c21-16-2-1-3-19(11-16)25-18-6-4-15(5-7-18)20(24)22-17-10-14-8-9-23(12-14)13-17/h1-7,11,14,17H,8-10,12-13H2,(H,22,24)/t14-,17+/m0/s1. The molecule has 0 aromatic heterocycles. The maximum Gasteiger partial charge on any atom is 0.251 e. The smallest absolute Gasteiger partial charge is 0.251 e. The fraction of sp³-hybridized carbons (Fsp3) is 0.350. The molecule has 130 valence electrons. The van der Waals surface area contributed by atoms with Gasteiger partial charge in [0, 0.05) is 39.5 Å². The molecule has 2 saturated heterocycles. The van der Waals surface area contributed by atoms with Gasteiger partial charge in [-0.2, -0.15) is 0 Å². The molecular formula is C20H21ClN2OS. The van der Waals surface area contributed by atoms with Crippen molar-refractivity contribution in [3.05, 3.63) is 59.1 Å². The lowest BCUT2D eigenvalue weighted by molar-refractivity contribution is 0.0909. The fourth-order valence-corrected chi connectivity index (χ4v) is 4.91. The normalized spacial score (nSPS) is 24.9. The van der Waals surface area contributed by atoms with Crippen LogP contribution in [0.2, 0.25) is 5.02 Å². The van der Waals surface area contributed by atoms with E-state index in [1.165, 1.54) is 19.5 Å². The Morgan fingerprint density at radius 2 is 1.96 bits per heavy atom. The molecule has 1 amide bonds. The van der Waals surface area contributed by atoms with E-state index in [1.54, 1.807) is 11.8 Å². The monoisotopic (exact) mass is 372 g/mol. The Labute approximate surface area is 157 Å². The molecular weight excluding hydrogens is 352 g/mol. The van der Waals surface area contributed by atoms with Crippen molar-refractivity contribution in [2.45, 2.75) is 28.7 Å². The van der Waals surface area contributed by atoms with Crippen LogP contribution < -0.4 is 5.32 Å². The van der Waals surface area contributed by atoms with Crippen molar-refractivity contribution < 1.29 is 4.79 Å². The van der Waals surface area contributed by atoms with Gasteiger partial charge in [-0.05, 0) is 67.8 Å². The Balaban J connectivity index is 1.37. The summed E-state index contributed by atoms with van der Waals surface area (Å²) in [5.74, 6) is 0.794. The minimum atomic E-state index is 0.0341. The van der Waals surface area contributed by atoms with Crippen LogP contribution in [0, 0.1) is 5.92 Å². The Hall–Kier alpha value is -1.49. The molecule has 0 aliphatic carbocycles. The number of hydrogen-bond acceptors (Lipinski definition) is 3. The van der Waals surface area contributed by atoms with E-state index in [1.807, 2.05) is 48.5 Å². The highest BCUT2D eigenvalue weighted by Gasteiger charge is 2.32. The molecule has 2 aliphatic heterocycles. The summed E-state index contributed by atoms with van der Waals surface area (Å²) in [6.45, 7) is 3.39. The Morgan fingerprint density at radius 1 is 1.12 bits per heavy atom. The highest BCUT2D eigenvalue weighted by atomic mass is 35.5. The van der Waals surface area contributed by atoms with E-state index in [2.05, 4.69) is 10.2 Å². The van der Waals surface area contributed by atoms with Crippen LogP contribution in [0.25, 0.3) is 0 Å². The average Bonchev–Trinajstić information content (AvgIpc) is 2.94. The summed E-state index contributed by atoms with van der Waals surface area (Å²) in [6, 6.07) is 15.9. The minimum Gasteiger partial charge on any atom is -0.348 e. The van der Waals surface area contributed by atoms with Crippen LogP contribution in [0.15, 0.2) is 58.3 Å². The van der Waals surface area contributed by atoms with Gasteiger partial charge in [-0.1, -0.05) is 29.4 Å². The van der Waals surface area contributed by atoms with Gasteiger partial charge < -0.3 is 10.2 Å². The first-order valence-corrected chi connectivity index (χ1v) is 9.92. The van der Waals surface area contributed by atoms with E-state index in [4.69, 9.17) is 11.6 Å². The molecule has 25 heavy (non-hydrogen) atoms. The second-order valence-corrected chi connectivity index (χ2v) is 8.49. The Kier molecular flexibility index (Phi) is 5.02. The van der Waals surface area contributed by atoms with Gasteiger partial charge >= 0.3 is 0 Å². The first kappa shape index (κ1) is 17.0. The zero-order valence-corrected chi connectivity index (χ0v) is 15.5. The van der Waals surface area contributed by atoms with Crippen LogP contribution in [-0.2, 0) is 0 Å². The number of carbonyl (C=O) groups excluding carboxylic acids is 1. The predicted octanol–water partition coefficient (Wildman–Crippen LogP) is 4.32. The molecule has 2 heterocycles. The third-order valence-corrected chi connectivity index (χ3v) is 6.18. The largest absolute Gasteiger partial charge is 0.348 e. The molecule has 2 fully saturated rings. The van der Waals surface area contributed by atoms with Crippen LogP contribution >= 0.6 is 23.4 Å². The van der Waals surface area contributed by atoms with Gasteiger partial charge in [0.15, 0.2) is 0 Å². The van der Waals surface area contributed by atoms with Crippen molar-refractivity contribution in [2.75, 3.05) is 19.6 Å². The lowest BCUT2D eigenvalue weighted by Crippen LogP contribution is -2.47. The van der Waals surface area contributed by atoms with E-state index in [9.17, 15) is 4.79 Å². The first-order chi connectivity index (χ1) is 12.2. The van der Waals surface area contributed by atoms with Crippen LogP contribution in [0.5, 0.6) is 0 Å². The SMILES string of the molecule is O=C(N[C@@H]1C[C@@H]2CCN(C2)C1)c1ccc(Sc2cccc(Cl)c2)cc1. The van der Waals surface area contributed by atoms with Gasteiger partial charge in [-0.25, -0.2) is 0 Å². The highest BCUT2D eigenvalue weighted by Crippen LogP contribution is 2.30. The van der Waals surface area contributed by atoms with E-state index in [-0.39, 0.29) is 11.9 Å². The summed E-state index contributed by atoms with van der Waals surface area (Å²) in [5, 5.41) is 3.94. The number of nitrogens with zero attached hydrogens (tertiary/aromatic N) is 1. The van der Waals surface area contributed by atoms with E-state index >= 15 is 0 Å². The van der Waals surface area contributed by atoms with Crippen molar-refractivity contribution in [3.8, 4) is 0 Å². The average molecular weight is 373 g/mol. The zero-order valence-electron chi connectivity index (χ0n) is 14.0. The quantitative estimate of drug-likeness (QED) is 0.867. The summed E-state index contributed by atoms with van der Waals surface area (Å²) < 4.78 is 0. The molecule has 2 aromatic carbocycles. The molecule has 0 spiro atoms. The van der Waals surface area contributed by atoms with Crippen LogP contribution in [0.1, 0.15) is 23.2 Å². The van der Waals surface area contributed by atoms with Gasteiger partial charge in [0.2, 0.25) is 0 Å². The number of nitrogens with one attached hydrogen (secondary N) is 1. The maximum absolute atomic E-state index is 12.5. The van der Waals surface area contributed by atoms with Gasteiger partial charge in [0.05, 0.1) is 0 Å². The number of halogens is 1. The zero-order chi connectivity index (χ0) is 17.2. The van der Waals surface area contributed by atoms with Crippen LogP contribution in [0.3, 0.4) is 0 Å². The van der Waals surface area contributed by atoms with Gasteiger partial charge in [0.1, 0.15) is 0 Å².